The van der Waals surface area contributed by atoms with Crippen LogP contribution in [0.25, 0.3) is 11.0 Å². The van der Waals surface area contributed by atoms with Gasteiger partial charge in [0.25, 0.3) is 0 Å². The fraction of sp³-hybridized carbons (Fsp3) is 0.579. The number of aromatic nitrogens is 2. The highest BCUT2D eigenvalue weighted by Crippen LogP contribution is 2.15. The maximum absolute atomic E-state index is 4.62. The van der Waals surface area contributed by atoms with Crippen LogP contribution in [0.3, 0.4) is 0 Å². The van der Waals surface area contributed by atoms with Crippen molar-refractivity contribution >= 4 is 41.0 Å². The van der Waals surface area contributed by atoms with Gasteiger partial charge in [0.2, 0.25) is 0 Å². The van der Waals surface area contributed by atoms with Crippen LogP contribution in [0.5, 0.6) is 0 Å². The van der Waals surface area contributed by atoms with Crippen molar-refractivity contribution in [2.45, 2.75) is 33.7 Å². The topological polar surface area (TPSA) is 57.5 Å². The minimum atomic E-state index is 0. The maximum atomic E-state index is 4.62. The van der Waals surface area contributed by atoms with Gasteiger partial charge in [-0.3, -0.25) is 4.99 Å². The fourth-order valence-electron chi connectivity index (χ4n) is 3.02. The summed E-state index contributed by atoms with van der Waals surface area (Å²) >= 11 is 0. The third-order valence-electron chi connectivity index (χ3n) is 4.53. The zero-order valence-corrected chi connectivity index (χ0v) is 18.8. The van der Waals surface area contributed by atoms with Crippen molar-refractivity contribution in [1.82, 2.24) is 25.1 Å². The molecule has 0 atom stereocenters. The lowest BCUT2D eigenvalue weighted by molar-refractivity contribution is 0.308. The molecule has 0 amide bonds. The molecule has 1 heterocycles. The molecular formula is C19H33IN6. The molecule has 0 spiro atoms. The second-order valence-corrected chi connectivity index (χ2v) is 6.11. The second-order valence-electron chi connectivity index (χ2n) is 6.11. The molecule has 6 nitrogen and oxygen atoms in total. The first-order valence-corrected chi connectivity index (χ1v) is 9.28. The molecule has 2 aromatic rings. The number of fused-ring (bicyclic) bond motifs is 1. The van der Waals surface area contributed by atoms with E-state index in [2.05, 4.69) is 69.0 Å². The molecule has 0 saturated heterocycles. The highest BCUT2D eigenvalue weighted by Gasteiger charge is 2.06. The molecule has 0 bridgehead atoms. The van der Waals surface area contributed by atoms with E-state index in [0.717, 1.165) is 63.0 Å². The van der Waals surface area contributed by atoms with Gasteiger partial charge < -0.3 is 20.1 Å². The van der Waals surface area contributed by atoms with Crippen LogP contribution in [0, 0.1) is 6.92 Å². The largest absolute Gasteiger partial charge is 0.356 e. The van der Waals surface area contributed by atoms with Gasteiger partial charge in [0.15, 0.2) is 5.96 Å². The number of guanidine groups is 1. The Balaban J connectivity index is 0.00000338. The average Bonchev–Trinajstić information content (AvgIpc) is 2.96. The SMILES string of the molecule is CCN(CC)CCNC(=NC)NCCCn1c(C)nc2ccccc21.I. The Morgan fingerprint density at radius 2 is 1.85 bits per heavy atom. The van der Waals surface area contributed by atoms with Crippen molar-refractivity contribution in [2.75, 3.05) is 39.8 Å². The number of aliphatic imine (C=N–C) groups is 1. The van der Waals surface area contributed by atoms with Crippen molar-refractivity contribution in [1.29, 1.82) is 0 Å². The summed E-state index contributed by atoms with van der Waals surface area (Å²) in [5, 5.41) is 6.78. The lowest BCUT2D eigenvalue weighted by atomic mass is 10.3. The summed E-state index contributed by atoms with van der Waals surface area (Å²) < 4.78 is 2.29. The predicted octanol–water partition coefficient (Wildman–Crippen LogP) is 2.86. The van der Waals surface area contributed by atoms with Crippen molar-refractivity contribution in [3.8, 4) is 0 Å². The average molecular weight is 472 g/mol. The molecule has 1 aromatic heterocycles. The molecule has 0 aliphatic rings. The number of nitrogens with one attached hydrogen (secondary N) is 2. The number of benzene rings is 1. The van der Waals surface area contributed by atoms with E-state index in [1.54, 1.807) is 0 Å². The minimum absolute atomic E-state index is 0. The molecule has 0 aliphatic heterocycles. The van der Waals surface area contributed by atoms with Crippen LogP contribution in [0.1, 0.15) is 26.1 Å². The summed E-state index contributed by atoms with van der Waals surface area (Å²) in [7, 11) is 1.82. The zero-order valence-electron chi connectivity index (χ0n) is 16.5. The van der Waals surface area contributed by atoms with Crippen LogP contribution < -0.4 is 10.6 Å². The monoisotopic (exact) mass is 472 g/mol. The van der Waals surface area contributed by atoms with Gasteiger partial charge in [-0.2, -0.15) is 0 Å². The Morgan fingerprint density at radius 1 is 1.15 bits per heavy atom. The first-order chi connectivity index (χ1) is 12.2. The van der Waals surface area contributed by atoms with Gasteiger partial charge in [0.05, 0.1) is 11.0 Å². The number of nitrogens with zero attached hydrogens (tertiary/aromatic N) is 4. The van der Waals surface area contributed by atoms with Gasteiger partial charge in [-0.05, 0) is 38.6 Å². The van der Waals surface area contributed by atoms with E-state index in [1.165, 1.54) is 5.52 Å². The lowest BCUT2D eigenvalue weighted by Crippen LogP contribution is -2.42. The molecule has 146 valence electrons. The number of likely N-dealkylation sites (N-methyl/N-ethyl adjacent to an activating group) is 1. The van der Waals surface area contributed by atoms with Crippen LogP contribution >= 0.6 is 24.0 Å². The van der Waals surface area contributed by atoms with E-state index in [4.69, 9.17) is 0 Å². The van der Waals surface area contributed by atoms with Gasteiger partial charge in [-0.15, -0.1) is 24.0 Å². The van der Waals surface area contributed by atoms with E-state index >= 15 is 0 Å². The molecule has 26 heavy (non-hydrogen) atoms. The number of para-hydroxylation sites is 2. The van der Waals surface area contributed by atoms with Crippen LogP contribution in [-0.4, -0.2) is 60.2 Å². The van der Waals surface area contributed by atoms with E-state index in [1.807, 2.05) is 13.1 Å². The molecule has 2 N–H and O–H groups in total. The molecule has 0 aliphatic carbocycles. The van der Waals surface area contributed by atoms with E-state index in [9.17, 15) is 0 Å². The summed E-state index contributed by atoms with van der Waals surface area (Å²) in [5.41, 5.74) is 2.28. The third-order valence-corrected chi connectivity index (χ3v) is 4.53. The van der Waals surface area contributed by atoms with Crippen molar-refractivity contribution in [3.05, 3.63) is 30.1 Å². The second kappa shape index (κ2) is 12.1. The van der Waals surface area contributed by atoms with Crippen LogP contribution in [0.4, 0.5) is 0 Å². The Bertz CT molecular complexity index is 678. The number of imidazole rings is 1. The van der Waals surface area contributed by atoms with Gasteiger partial charge in [-0.1, -0.05) is 26.0 Å². The molecule has 1 aromatic carbocycles. The van der Waals surface area contributed by atoms with E-state index in [0.29, 0.717) is 0 Å². The first-order valence-electron chi connectivity index (χ1n) is 9.28. The number of halogens is 1. The summed E-state index contributed by atoms with van der Waals surface area (Å²) in [6.07, 6.45) is 1.03. The lowest BCUT2D eigenvalue weighted by Gasteiger charge is -2.19. The van der Waals surface area contributed by atoms with Gasteiger partial charge in [0, 0.05) is 33.2 Å². The van der Waals surface area contributed by atoms with Crippen LogP contribution in [0.2, 0.25) is 0 Å². The number of aryl methyl sites for hydroxylation is 2. The molecule has 0 radical (unpaired) electrons. The third kappa shape index (κ3) is 6.42. The van der Waals surface area contributed by atoms with Crippen LogP contribution in [0.15, 0.2) is 29.3 Å². The number of hydrogen-bond acceptors (Lipinski definition) is 3. The van der Waals surface area contributed by atoms with Gasteiger partial charge in [-0.25, -0.2) is 4.98 Å². The fourth-order valence-corrected chi connectivity index (χ4v) is 3.02. The Labute approximate surface area is 174 Å². The Morgan fingerprint density at radius 3 is 2.54 bits per heavy atom. The highest BCUT2D eigenvalue weighted by atomic mass is 127. The van der Waals surface area contributed by atoms with Gasteiger partial charge in [0.1, 0.15) is 5.82 Å². The quantitative estimate of drug-likeness (QED) is 0.255. The predicted molar refractivity (Wildman–Crippen MR) is 122 cm³/mol. The molecule has 0 fully saturated rings. The smallest absolute Gasteiger partial charge is 0.191 e. The van der Waals surface area contributed by atoms with Crippen molar-refractivity contribution < 1.29 is 0 Å². The summed E-state index contributed by atoms with van der Waals surface area (Å²) in [6, 6.07) is 8.31. The molecule has 0 unspecified atom stereocenters. The summed E-state index contributed by atoms with van der Waals surface area (Å²) in [4.78, 5) is 11.3. The van der Waals surface area contributed by atoms with Crippen LogP contribution in [-0.2, 0) is 6.54 Å². The maximum Gasteiger partial charge on any atom is 0.191 e. The number of rotatable bonds is 9. The molecule has 2 rings (SSSR count). The van der Waals surface area contributed by atoms with Crippen molar-refractivity contribution in [2.24, 2.45) is 4.99 Å². The first kappa shape index (κ1) is 22.7. The highest BCUT2D eigenvalue weighted by molar-refractivity contribution is 14.0. The van der Waals surface area contributed by atoms with E-state index < -0.39 is 0 Å². The zero-order chi connectivity index (χ0) is 18.1. The van der Waals surface area contributed by atoms with Crippen molar-refractivity contribution in [3.63, 3.8) is 0 Å². The molecule has 0 saturated carbocycles. The van der Waals surface area contributed by atoms with E-state index in [-0.39, 0.29) is 24.0 Å². The normalized spacial score (nSPS) is 11.7. The van der Waals surface area contributed by atoms with Gasteiger partial charge >= 0.3 is 0 Å². The minimum Gasteiger partial charge on any atom is -0.356 e. The molecule has 7 heteroatoms. The molecular weight excluding hydrogens is 439 g/mol. The Hall–Kier alpha value is -1.35. The Kier molecular flexibility index (Phi) is 10.6. The summed E-state index contributed by atoms with van der Waals surface area (Å²) in [5.74, 6) is 1.95. The summed E-state index contributed by atoms with van der Waals surface area (Å²) in [6.45, 7) is 12.4. The standard InChI is InChI=1S/C19H32N6.HI/c1-5-24(6-2)15-13-22-19(20-4)21-12-9-14-25-16(3)23-17-10-7-8-11-18(17)25;/h7-8,10-11H,5-6,9,12-15H2,1-4H3,(H2,20,21,22);1H. The number of hydrogen-bond donors (Lipinski definition) is 2.